The van der Waals surface area contributed by atoms with E-state index in [0.717, 1.165) is 13.0 Å². The average molecular weight is 235 g/mol. The van der Waals surface area contributed by atoms with Crippen LogP contribution >= 0.6 is 0 Å². The summed E-state index contributed by atoms with van der Waals surface area (Å²) in [6.07, 6.45) is 1.80. The normalized spacial score (nSPS) is 14.6. The molecule has 0 amide bonds. The van der Waals surface area contributed by atoms with Crippen molar-refractivity contribution in [1.82, 2.24) is 5.32 Å². The zero-order chi connectivity index (χ0) is 12.9. The first-order chi connectivity index (χ1) is 7.93. The molecule has 0 aliphatic heterocycles. The molecule has 1 unspecified atom stereocenters. The van der Waals surface area contributed by atoms with E-state index in [0.29, 0.717) is 13.0 Å². The maximum absolute atomic E-state index is 10.3. The maximum atomic E-state index is 10.3. The Bertz CT molecular complexity index is 338. The fourth-order valence-electron chi connectivity index (χ4n) is 2.21. The summed E-state index contributed by atoms with van der Waals surface area (Å²) in [5.74, 6) is 0. The van der Waals surface area contributed by atoms with E-state index in [-0.39, 0.29) is 0 Å². The molecule has 0 radical (unpaired) electrons. The topological polar surface area (TPSA) is 32.3 Å². The number of hydrogen-bond donors (Lipinski definition) is 2. The lowest BCUT2D eigenvalue weighted by molar-refractivity contribution is 0.0603. The molecule has 1 aromatic rings. The van der Waals surface area contributed by atoms with Crippen molar-refractivity contribution in [2.45, 2.75) is 46.1 Å². The Morgan fingerprint density at radius 1 is 1.18 bits per heavy atom. The lowest BCUT2D eigenvalue weighted by atomic mass is 9.94. The molecule has 0 heterocycles. The van der Waals surface area contributed by atoms with E-state index in [1.165, 1.54) is 16.7 Å². The van der Waals surface area contributed by atoms with Crippen LogP contribution in [0.5, 0.6) is 0 Å². The third-order valence-corrected chi connectivity index (χ3v) is 2.80. The Kier molecular flexibility index (Phi) is 5.16. The molecule has 0 spiro atoms. The van der Waals surface area contributed by atoms with Crippen molar-refractivity contribution >= 4 is 0 Å². The molecule has 0 aromatic heterocycles. The standard InChI is InChI=1S/C15H25NO/c1-5-6-16-11-15(4,17)10-14-8-12(2)7-13(3)9-14/h7-9,16-17H,5-6,10-11H2,1-4H3. The highest BCUT2D eigenvalue weighted by Crippen LogP contribution is 2.16. The Balaban J connectivity index is 2.62. The highest BCUT2D eigenvalue weighted by atomic mass is 16.3. The van der Waals surface area contributed by atoms with Gasteiger partial charge in [0.25, 0.3) is 0 Å². The average Bonchev–Trinajstić information content (AvgIpc) is 2.14. The van der Waals surface area contributed by atoms with E-state index >= 15 is 0 Å². The molecule has 17 heavy (non-hydrogen) atoms. The van der Waals surface area contributed by atoms with Crippen LogP contribution in [-0.4, -0.2) is 23.8 Å². The summed E-state index contributed by atoms with van der Waals surface area (Å²) in [6, 6.07) is 6.47. The van der Waals surface area contributed by atoms with Crippen molar-refractivity contribution in [3.63, 3.8) is 0 Å². The van der Waals surface area contributed by atoms with Crippen LogP contribution in [0, 0.1) is 13.8 Å². The van der Waals surface area contributed by atoms with Crippen molar-refractivity contribution < 1.29 is 5.11 Å². The van der Waals surface area contributed by atoms with Gasteiger partial charge in [-0.15, -0.1) is 0 Å². The largest absolute Gasteiger partial charge is 0.389 e. The highest BCUT2D eigenvalue weighted by molar-refractivity contribution is 5.29. The predicted molar refractivity (Wildman–Crippen MR) is 73.4 cm³/mol. The zero-order valence-corrected chi connectivity index (χ0v) is 11.5. The fraction of sp³-hybridized carbons (Fsp3) is 0.600. The third kappa shape index (κ3) is 5.33. The third-order valence-electron chi connectivity index (χ3n) is 2.80. The number of rotatable bonds is 6. The summed E-state index contributed by atoms with van der Waals surface area (Å²) in [5.41, 5.74) is 3.07. The van der Waals surface area contributed by atoms with Gasteiger partial charge in [-0.3, -0.25) is 0 Å². The van der Waals surface area contributed by atoms with Crippen LogP contribution in [0.4, 0.5) is 0 Å². The van der Waals surface area contributed by atoms with Crippen molar-refractivity contribution in [2.24, 2.45) is 0 Å². The van der Waals surface area contributed by atoms with Gasteiger partial charge in [-0.05, 0) is 39.3 Å². The van der Waals surface area contributed by atoms with Gasteiger partial charge in [0, 0.05) is 13.0 Å². The highest BCUT2D eigenvalue weighted by Gasteiger charge is 2.20. The van der Waals surface area contributed by atoms with Gasteiger partial charge in [-0.2, -0.15) is 0 Å². The molecular weight excluding hydrogens is 210 g/mol. The van der Waals surface area contributed by atoms with Crippen LogP contribution in [0.25, 0.3) is 0 Å². The second-order valence-corrected chi connectivity index (χ2v) is 5.35. The minimum Gasteiger partial charge on any atom is -0.389 e. The van der Waals surface area contributed by atoms with Crippen molar-refractivity contribution in [2.75, 3.05) is 13.1 Å². The molecule has 2 N–H and O–H groups in total. The molecule has 96 valence electrons. The Hall–Kier alpha value is -0.860. The van der Waals surface area contributed by atoms with E-state index in [4.69, 9.17) is 0 Å². The fourth-order valence-corrected chi connectivity index (χ4v) is 2.21. The minimum absolute atomic E-state index is 0.647. The number of aryl methyl sites for hydroxylation is 2. The Morgan fingerprint density at radius 2 is 1.76 bits per heavy atom. The summed E-state index contributed by atoms with van der Waals surface area (Å²) in [6.45, 7) is 9.83. The van der Waals surface area contributed by atoms with Crippen molar-refractivity contribution in [3.8, 4) is 0 Å². The minimum atomic E-state index is -0.671. The number of benzene rings is 1. The Labute approximate surface area is 105 Å². The maximum Gasteiger partial charge on any atom is 0.0783 e. The van der Waals surface area contributed by atoms with Gasteiger partial charge in [0.15, 0.2) is 0 Å². The SMILES string of the molecule is CCCNCC(C)(O)Cc1cc(C)cc(C)c1. The van der Waals surface area contributed by atoms with Gasteiger partial charge in [0.2, 0.25) is 0 Å². The van der Waals surface area contributed by atoms with E-state index in [1.807, 2.05) is 6.92 Å². The van der Waals surface area contributed by atoms with Crippen LogP contribution in [0.3, 0.4) is 0 Å². The summed E-state index contributed by atoms with van der Waals surface area (Å²) in [5, 5.41) is 13.6. The number of aliphatic hydroxyl groups is 1. The second kappa shape index (κ2) is 6.18. The summed E-state index contributed by atoms with van der Waals surface area (Å²) in [4.78, 5) is 0. The van der Waals surface area contributed by atoms with Crippen molar-refractivity contribution in [3.05, 3.63) is 34.9 Å². The van der Waals surface area contributed by atoms with Crippen molar-refractivity contribution in [1.29, 1.82) is 0 Å². The first-order valence-corrected chi connectivity index (χ1v) is 6.43. The van der Waals surface area contributed by atoms with Gasteiger partial charge in [0.05, 0.1) is 5.60 Å². The summed E-state index contributed by atoms with van der Waals surface area (Å²) in [7, 11) is 0. The van der Waals surface area contributed by atoms with Crippen LogP contribution in [0.2, 0.25) is 0 Å². The Morgan fingerprint density at radius 3 is 2.29 bits per heavy atom. The molecule has 1 atom stereocenters. The molecule has 2 nitrogen and oxygen atoms in total. The number of nitrogens with one attached hydrogen (secondary N) is 1. The molecule has 1 rings (SSSR count). The predicted octanol–water partition coefficient (Wildman–Crippen LogP) is 2.60. The van der Waals surface area contributed by atoms with E-state index in [9.17, 15) is 5.11 Å². The van der Waals surface area contributed by atoms with E-state index in [2.05, 4.69) is 44.3 Å². The molecule has 0 fully saturated rings. The van der Waals surface area contributed by atoms with Gasteiger partial charge >= 0.3 is 0 Å². The van der Waals surface area contributed by atoms with Gasteiger partial charge in [-0.25, -0.2) is 0 Å². The molecule has 0 aliphatic rings. The van der Waals surface area contributed by atoms with E-state index in [1.54, 1.807) is 0 Å². The molecule has 0 bridgehead atoms. The second-order valence-electron chi connectivity index (χ2n) is 5.35. The lowest BCUT2D eigenvalue weighted by Gasteiger charge is -2.24. The molecule has 0 aliphatic carbocycles. The molecular formula is C15H25NO. The lowest BCUT2D eigenvalue weighted by Crippen LogP contribution is -2.40. The van der Waals surface area contributed by atoms with Gasteiger partial charge in [-0.1, -0.05) is 36.2 Å². The summed E-state index contributed by atoms with van der Waals surface area (Å²) >= 11 is 0. The van der Waals surface area contributed by atoms with Crippen LogP contribution in [0.15, 0.2) is 18.2 Å². The zero-order valence-electron chi connectivity index (χ0n) is 11.5. The number of hydrogen-bond acceptors (Lipinski definition) is 2. The quantitative estimate of drug-likeness (QED) is 0.743. The molecule has 1 aromatic carbocycles. The van der Waals surface area contributed by atoms with Crippen LogP contribution in [0.1, 0.15) is 37.0 Å². The molecule has 2 heteroatoms. The van der Waals surface area contributed by atoms with E-state index < -0.39 is 5.60 Å². The molecule has 0 saturated heterocycles. The van der Waals surface area contributed by atoms with Gasteiger partial charge in [0.1, 0.15) is 0 Å². The first kappa shape index (κ1) is 14.2. The summed E-state index contributed by atoms with van der Waals surface area (Å²) < 4.78 is 0. The van der Waals surface area contributed by atoms with Gasteiger partial charge < -0.3 is 10.4 Å². The monoisotopic (exact) mass is 235 g/mol. The van der Waals surface area contributed by atoms with Crippen LogP contribution < -0.4 is 5.32 Å². The van der Waals surface area contributed by atoms with Crippen LogP contribution in [-0.2, 0) is 6.42 Å². The first-order valence-electron chi connectivity index (χ1n) is 6.43. The molecule has 0 saturated carbocycles. The smallest absolute Gasteiger partial charge is 0.0783 e.